The zero-order valence-corrected chi connectivity index (χ0v) is 11.0. The van der Waals surface area contributed by atoms with Crippen molar-refractivity contribution in [1.82, 2.24) is 10.3 Å². The molecule has 0 saturated heterocycles. The molecule has 94 valence electrons. The number of hydrogen-bond acceptors (Lipinski definition) is 4. The molecule has 2 aromatic rings. The van der Waals surface area contributed by atoms with Crippen LogP contribution in [0, 0.1) is 0 Å². The monoisotopic (exact) mass is 261 g/mol. The molecule has 4 nitrogen and oxygen atoms in total. The van der Waals surface area contributed by atoms with Gasteiger partial charge in [0.2, 0.25) is 5.91 Å². The summed E-state index contributed by atoms with van der Waals surface area (Å²) in [5.41, 5.74) is 1.88. The summed E-state index contributed by atoms with van der Waals surface area (Å²) in [4.78, 5) is 16.1. The zero-order chi connectivity index (χ0) is 12.5. The van der Waals surface area contributed by atoms with Crippen LogP contribution in [0.3, 0.4) is 0 Å². The van der Waals surface area contributed by atoms with Crippen molar-refractivity contribution in [2.45, 2.75) is 18.8 Å². The second kappa shape index (κ2) is 4.66. The first-order valence-electron chi connectivity index (χ1n) is 6.11. The predicted octanol–water partition coefficient (Wildman–Crippen LogP) is 2.33. The smallest absolute Gasteiger partial charge is 0.238 e. The first-order chi connectivity index (χ1) is 8.76. The molecule has 1 aliphatic rings. The van der Waals surface area contributed by atoms with Gasteiger partial charge in [0.15, 0.2) is 0 Å². The Kier molecular flexibility index (Phi) is 3.01. The van der Waals surface area contributed by atoms with Gasteiger partial charge in [0.1, 0.15) is 0 Å². The molecule has 1 fully saturated rings. The summed E-state index contributed by atoms with van der Waals surface area (Å²) in [7, 11) is 1.76. The Hall–Kier alpha value is -1.46. The number of aromatic nitrogens is 1. The molecular weight excluding hydrogens is 246 g/mol. The lowest BCUT2D eigenvalue weighted by molar-refractivity contribution is -0.115. The van der Waals surface area contributed by atoms with E-state index in [-0.39, 0.29) is 5.91 Å². The minimum Gasteiger partial charge on any atom is -0.325 e. The van der Waals surface area contributed by atoms with Gasteiger partial charge in [0, 0.05) is 11.6 Å². The van der Waals surface area contributed by atoms with Gasteiger partial charge in [0.25, 0.3) is 0 Å². The third-order valence-electron chi connectivity index (χ3n) is 2.95. The molecular formula is C13H15N3OS. The number of thiazole rings is 1. The van der Waals surface area contributed by atoms with Gasteiger partial charge in [-0.2, -0.15) is 0 Å². The van der Waals surface area contributed by atoms with Gasteiger partial charge < -0.3 is 10.6 Å². The zero-order valence-electron chi connectivity index (χ0n) is 10.2. The predicted molar refractivity (Wildman–Crippen MR) is 74.2 cm³/mol. The number of fused-ring (bicyclic) bond motifs is 1. The molecule has 0 unspecified atom stereocenters. The van der Waals surface area contributed by atoms with Crippen molar-refractivity contribution in [2.24, 2.45) is 0 Å². The quantitative estimate of drug-likeness (QED) is 0.888. The number of carbonyl (C=O) groups is 1. The van der Waals surface area contributed by atoms with Crippen molar-refractivity contribution >= 4 is 33.1 Å². The minimum absolute atomic E-state index is 0.0243. The second-order valence-corrected chi connectivity index (χ2v) is 5.65. The fraction of sp³-hybridized carbons (Fsp3) is 0.385. The van der Waals surface area contributed by atoms with Gasteiger partial charge in [-0.1, -0.05) is 0 Å². The molecule has 0 radical (unpaired) electrons. The number of likely N-dealkylation sites (N-methyl/N-ethyl adjacent to an activating group) is 1. The third kappa shape index (κ3) is 2.37. The summed E-state index contributed by atoms with van der Waals surface area (Å²) < 4.78 is 1.15. The first kappa shape index (κ1) is 11.6. The standard InChI is InChI=1S/C13H15N3OS/c1-14-7-12(17)15-9-4-5-10-11(6-9)18-13(16-10)8-2-3-8/h4-6,8,14H,2-3,7H2,1H3,(H,15,17). The van der Waals surface area contributed by atoms with E-state index in [4.69, 9.17) is 0 Å². The fourth-order valence-electron chi connectivity index (χ4n) is 1.89. The maximum Gasteiger partial charge on any atom is 0.238 e. The summed E-state index contributed by atoms with van der Waals surface area (Å²) in [6.07, 6.45) is 2.54. The fourth-order valence-corrected chi connectivity index (χ4v) is 3.07. The molecule has 1 amide bonds. The molecule has 1 aliphatic carbocycles. The van der Waals surface area contributed by atoms with Crippen LogP contribution >= 0.6 is 11.3 Å². The van der Waals surface area contributed by atoms with Crippen LogP contribution in [0.25, 0.3) is 10.2 Å². The minimum atomic E-state index is -0.0243. The average Bonchev–Trinajstić information content (AvgIpc) is 3.10. The highest BCUT2D eigenvalue weighted by Gasteiger charge is 2.26. The van der Waals surface area contributed by atoms with E-state index in [0.29, 0.717) is 12.5 Å². The van der Waals surface area contributed by atoms with Gasteiger partial charge in [-0.25, -0.2) is 4.98 Å². The summed E-state index contributed by atoms with van der Waals surface area (Å²) in [5.74, 6) is 0.661. The van der Waals surface area contributed by atoms with Crippen molar-refractivity contribution < 1.29 is 4.79 Å². The highest BCUT2D eigenvalue weighted by molar-refractivity contribution is 7.18. The van der Waals surface area contributed by atoms with Gasteiger partial charge in [-0.3, -0.25) is 4.79 Å². The first-order valence-corrected chi connectivity index (χ1v) is 6.93. The average molecular weight is 261 g/mol. The number of benzene rings is 1. The lowest BCUT2D eigenvalue weighted by Gasteiger charge is -2.03. The van der Waals surface area contributed by atoms with Crippen LogP contribution in [0.5, 0.6) is 0 Å². The molecule has 0 bridgehead atoms. The van der Waals surface area contributed by atoms with E-state index >= 15 is 0 Å². The van der Waals surface area contributed by atoms with E-state index in [0.717, 1.165) is 15.9 Å². The maximum atomic E-state index is 11.5. The van der Waals surface area contributed by atoms with Crippen LogP contribution in [0.1, 0.15) is 23.8 Å². The van der Waals surface area contributed by atoms with Gasteiger partial charge in [0.05, 0.1) is 21.8 Å². The lowest BCUT2D eigenvalue weighted by atomic mass is 10.3. The molecule has 0 spiro atoms. The van der Waals surface area contributed by atoms with E-state index in [2.05, 4.69) is 15.6 Å². The molecule has 1 aromatic heterocycles. The van der Waals surface area contributed by atoms with E-state index < -0.39 is 0 Å². The molecule has 3 rings (SSSR count). The maximum absolute atomic E-state index is 11.5. The SMILES string of the molecule is CNCC(=O)Nc1ccc2nc(C3CC3)sc2c1. The third-order valence-corrected chi connectivity index (χ3v) is 4.13. The number of hydrogen-bond donors (Lipinski definition) is 2. The molecule has 1 heterocycles. The van der Waals surface area contributed by atoms with E-state index in [1.165, 1.54) is 17.8 Å². The van der Waals surface area contributed by atoms with E-state index in [9.17, 15) is 4.79 Å². The highest BCUT2D eigenvalue weighted by atomic mass is 32.1. The van der Waals surface area contributed by atoms with Gasteiger partial charge in [-0.05, 0) is 38.1 Å². The molecule has 1 saturated carbocycles. The van der Waals surface area contributed by atoms with E-state index in [1.54, 1.807) is 18.4 Å². The molecule has 0 atom stereocenters. The Morgan fingerprint density at radius 3 is 3.06 bits per heavy atom. The summed E-state index contributed by atoms with van der Waals surface area (Å²) >= 11 is 1.74. The number of carbonyl (C=O) groups excluding carboxylic acids is 1. The Bertz CT molecular complexity index is 589. The Morgan fingerprint density at radius 1 is 1.50 bits per heavy atom. The number of rotatable bonds is 4. The Balaban J connectivity index is 1.83. The van der Waals surface area contributed by atoms with Crippen molar-refractivity contribution in [2.75, 3.05) is 18.9 Å². The van der Waals surface area contributed by atoms with Crippen LogP contribution in [-0.4, -0.2) is 24.5 Å². The number of amides is 1. The summed E-state index contributed by atoms with van der Waals surface area (Å²) in [6.45, 7) is 0.327. The van der Waals surface area contributed by atoms with Crippen molar-refractivity contribution in [3.05, 3.63) is 23.2 Å². The largest absolute Gasteiger partial charge is 0.325 e. The molecule has 2 N–H and O–H groups in total. The number of anilines is 1. The molecule has 0 aliphatic heterocycles. The Morgan fingerprint density at radius 2 is 2.33 bits per heavy atom. The molecule has 18 heavy (non-hydrogen) atoms. The highest BCUT2D eigenvalue weighted by Crippen LogP contribution is 2.43. The topological polar surface area (TPSA) is 54.0 Å². The number of nitrogens with zero attached hydrogens (tertiary/aromatic N) is 1. The van der Waals surface area contributed by atoms with Crippen molar-refractivity contribution in [3.8, 4) is 0 Å². The van der Waals surface area contributed by atoms with Crippen LogP contribution in [0.15, 0.2) is 18.2 Å². The number of nitrogens with one attached hydrogen (secondary N) is 2. The van der Waals surface area contributed by atoms with Gasteiger partial charge >= 0.3 is 0 Å². The van der Waals surface area contributed by atoms with Crippen LogP contribution in [-0.2, 0) is 4.79 Å². The molecule has 1 aromatic carbocycles. The van der Waals surface area contributed by atoms with Crippen LogP contribution in [0.4, 0.5) is 5.69 Å². The normalized spacial score (nSPS) is 14.9. The second-order valence-electron chi connectivity index (χ2n) is 4.59. The van der Waals surface area contributed by atoms with Gasteiger partial charge in [-0.15, -0.1) is 11.3 Å². The van der Waals surface area contributed by atoms with Crippen molar-refractivity contribution in [3.63, 3.8) is 0 Å². The Labute approximate surface area is 109 Å². The summed E-state index contributed by atoms with van der Waals surface area (Å²) in [5, 5.41) is 6.94. The lowest BCUT2D eigenvalue weighted by Crippen LogP contribution is -2.24. The van der Waals surface area contributed by atoms with Crippen LogP contribution < -0.4 is 10.6 Å². The van der Waals surface area contributed by atoms with Crippen LogP contribution in [0.2, 0.25) is 0 Å². The van der Waals surface area contributed by atoms with Crippen molar-refractivity contribution in [1.29, 1.82) is 0 Å². The summed E-state index contributed by atoms with van der Waals surface area (Å²) in [6, 6.07) is 5.89. The molecule has 5 heteroatoms. The van der Waals surface area contributed by atoms with E-state index in [1.807, 2.05) is 18.2 Å².